The Bertz CT molecular complexity index is 602. The molecule has 2 aromatic rings. The number of imidazole rings is 1. The number of nitrogens with zero attached hydrogens (tertiary/aromatic N) is 2. The van der Waals surface area contributed by atoms with Crippen molar-refractivity contribution in [1.82, 2.24) is 9.55 Å². The summed E-state index contributed by atoms with van der Waals surface area (Å²) >= 11 is 0. The Kier molecular flexibility index (Phi) is 3.55. The maximum absolute atomic E-state index is 11.5. The van der Waals surface area contributed by atoms with Crippen LogP contribution in [-0.2, 0) is 4.74 Å². The van der Waals surface area contributed by atoms with Gasteiger partial charge in [-0.25, -0.2) is 9.78 Å². The zero-order valence-corrected chi connectivity index (χ0v) is 11.3. The number of aromatic nitrogens is 2. The van der Waals surface area contributed by atoms with Crippen molar-refractivity contribution in [3.63, 3.8) is 0 Å². The van der Waals surface area contributed by atoms with Gasteiger partial charge in [-0.2, -0.15) is 0 Å². The minimum atomic E-state index is -0.529. The number of benzene rings is 1. The van der Waals surface area contributed by atoms with Crippen molar-refractivity contribution in [3.05, 3.63) is 41.9 Å². The predicted octanol–water partition coefficient (Wildman–Crippen LogP) is 2.36. The highest BCUT2D eigenvalue weighted by Gasteiger charge is 2.18. The number of anilines is 1. The number of nitrogen functional groups attached to an aromatic ring is 1. The summed E-state index contributed by atoms with van der Waals surface area (Å²) in [5.74, 6) is 0.109. The van der Waals surface area contributed by atoms with Crippen LogP contribution >= 0.6 is 0 Å². The Labute approximate surface area is 112 Å². The van der Waals surface area contributed by atoms with E-state index >= 15 is 0 Å². The molecule has 0 bridgehead atoms. The molecule has 0 fully saturated rings. The molecule has 0 unspecified atom stereocenters. The van der Waals surface area contributed by atoms with Crippen LogP contribution in [0.15, 0.2) is 30.6 Å². The molecule has 0 aliphatic rings. The summed E-state index contributed by atoms with van der Waals surface area (Å²) in [6, 6.07) is 7.90. The third-order valence-corrected chi connectivity index (χ3v) is 3.00. The van der Waals surface area contributed by atoms with Crippen molar-refractivity contribution in [2.24, 2.45) is 0 Å². The molecule has 0 aliphatic carbocycles. The van der Waals surface area contributed by atoms with Gasteiger partial charge in [-0.15, -0.1) is 0 Å². The molecule has 2 N–H and O–H groups in total. The number of hydrogen-bond acceptors (Lipinski definition) is 4. The van der Waals surface area contributed by atoms with Gasteiger partial charge < -0.3 is 10.5 Å². The number of para-hydroxylation sites is 1. The van der Waals surface area contributed by atoms with Gasteiger partial charge in [-0.05, 0) is 17.5 Å². The van der Waals surface area contributed by atoms with E-state index in [4.69, 9.17) is 5.73 Å². The molecule has 0 aliphatic heterocycles. The van der Waals surface area contributed by atoms with Crippen LogP contribution in [-0.4, -0.2) is 22.6 Å². The normalized spacial score (nSPS) is 10.7. The summed E-state index contributed by atoms with van der Waals surface area (Å²) in [6.07, 6.45) is 1.54. The second-order valence-electron chi connectivity index (χ2n) is 4.55. The molecule has 0 saturated heterocycles. The zero-order valence-electron chi connectivity index (χ0n) is 11.3. The summed E-state index contributed by atoms with van der Waals surface area (Å²) in [4.78, 5) is 15.5. The molecule has 0 spiro atoms. The number of rotatable bonds is 3. The number of hydrogen-bond donors (Lipinski definition) is 1. The van der Waals surface area contributed by atoms with Gasteiger partial charge in [-0.3, -0.25) is 4.57 Å². The van der Waals surface area contributed by atoms with Gasteiger partial charge in [0.1, 0.15) is 12.1 Å². The number of carbonyl (C=O) groups is 1. The van der Waals surface area contributed by atoms with Crippen LogP contribution in [0, 0.1) is 0 Å². The first-order valence-electron chi connectivity index (χ1n) is 6.06. The van der Waals surface area contributed by atoms with Crippen LogP contribution in [0.2, 0.25) is 0 Å². The molecule has 1 aromatic carbocycles. The van der Waals surface area contributed by atoms with E-state index in [0.717, 1.165) is 11.3 Å². The van der Waals surface area contributed by atoms with Gasteiger partial charge in [-0.1, -0.05) is 32.0 Å². The number of carbonyl (C=O) groups excluding carboxylic acids is 1. The fraction of sp³-hybridized carbons (Fsp3) is 0.286. The van der Waals surface area contributed by atoms with Gasteiger partial charge in [0.15, 0.2) is 5.69 Å². The highest BCUT2D eigenvalue weighted by Crippen LogP contribution is 2.26. The molecule has 1 heterocycles. The lowest BCUT2D eigenvalue weighted by molar-refractivity contribution is 0.0596. The Balaban J connectivity index is 2.55. The fourth-order valence-corrected chi connectivity index (χ4v) is 2.00. The van der Waals surface area contributed by atoms with Crippen molar-refractivity contribution < 1.29 is 9.53 Å². The molecule has 0 saturated carbocycles. The van der Waals surface area contributed by atoms with Crippen LogP contribution in [0.5, 0.6) is 0 Å². The maximum Gasteiger partial charge on any atom is 0.360 e. The third-order valence-electron chi connectivity index (χ3n) is 3.00. The van der Waals surface area contributed by atoms with Crippen LogP contribution < -0.4 is 5.73 Å². The lowest BCUT2D eigenvalue weighted by atomic mass is 10.0. The SMILES string of the molecule is COC(=O)c1ncn(-c2ccccc2C(C)C)c1N. The van der Waals surface area contributed by atoms with E-state index in [2.05, 4.69) is 23.6 Å². The summed E-state index contributed by atoms with van der Waals surface area (Å²) in [6.45, 7) is 4.21. The highest BCUT2D eigenvalue weighted by atomic mass is 16.5. The molecule has 19 heavy (non-hydrogen) atoms. The molecule has 0 amide bonds. The van der Waals surface area contributed by atoms with E-state index in [1.165, 1.54) is 7.11 Å². The Morgan fingerprint density at radius 2 is 2.05 bits per heavy atom. The molecule has 5 nitrogen and oxygen atoms in total. The Morgan fingerprint density at radius 1 is 1.37 bits per heavy atom. The number of ether oxygens (including phenoxy) is 1. The second-order valence-corrected chi connectivity index (χ2v) is 4.55. The van der Waals surface area contributed by atoms with Crippen LogP contribution in [0.1, 0.15) is 35.8 Å². The average molecular weight is 259 g/mol. The molecule has 2 rings (SSSR count). The fourth-order valence-electron chi connectivity index (χ4n) is 2.00. The topological polar surface area (TPSA) is 70.1 Å². The number of esters is 1. The molecular weight excluding hydrogens is 242 g/mol. The van der Waals surface area contributed by atoms with Gasteiger partial charge in [0.05, 0.1) is 12.8 Å². The summed E-state index contributed by atoms with van der Waals surface area (Å²) in [5, 5.41) is 0. The van der Waals surface area contributed by atoms with Crippen LogP contribution in [0.25, 0.3) is 5.69 Å². The largest absolute Gasteiger partial charge is 0.464 e. The van der Waals surface area contributed by atoms with E-state index in [1.54, 1.807) is 10.9 Å². The minimum Gasteiger partial charge on any atom is -0.464 e. The highest BCUT2D eigenvalue weighted by molar-refractivity contribution is 5.92. The Hall–Kier alpha value is -2.30. The minimum absolute atomic E-state index is 0.140. The number of methoxy groups -OCH3 is 1. The quantitative estimate of drug-likeness (QED) is 0.859. The van der Waals surface area contributed by atoms with Crippen LogP contribution in [0.4, 0.5) is 5.82 Å². The average Bonchev–Trinajstić information content (AvgIpc) is 2.79. The molecule has 0 atom stereocenters. The van der Waals surface area contributed by atoms with Crippen molar-refractivity contribution in [2.45, 2.75) is 19.8 Å². The zero-order chi connectivity index (χ0) is 14.0. The standard InChI is InChI=1S/C14H17N3O2/c1-9(2)10-6-4-5-7-11(10)17-8-16-12(13(17)15)14(18)19-3/h4-9H,15H2,1-3H3. The Morgan fingerprint density at radius 3 is 2.68 bits per heavy atom. The summed E-state index contributed by atoms with van der Waals surface area (Å²) in [7, 11) is 1.31. The molecule has 100 valence electrons. The molecule has 1 aromatic heterocycles. The first-order chi connectivity index (χ1) is 9.06. The van der Waals surface area contributed by atoms with E-state index in [1.807, 2.05) is 24.3 Å². The van der Waals surface area contributed by atoms with Crippen molar-refractivity contribution in [2.75, 3.05) is 12.8 Å². The first kappa shape index (κ1) is 13.1. The van der Waals surface area contributed by atoms with E-state index in [-0.39, 0.29) is 5.69 Å². The molecular formula is C14H17N3O2. The van der Waals surface area contributed by atoms with Gasteiger partial charge >= 0.3 is 5.97 Å². The number of nitrogens with two attached hydrogens (primary N) is 1. The van der Waals surface area contributed by atoms with E-state index < -0.39 is 5.97 Å². The maximum atomic E-state index is 11.5. The second kappa shape index (κ2) is 5.14. The third kappa shape index (κ3) is 2.31. The van der Waals surface area contributed by atoms with Crippen molar-refractivity contribution >= 4 is 11.8 Å². The lowest BCUT2D eigenvalue weighted by Gasteiger charge is -2.14. The predicted molar refractivity (Wildman–Crippen MR) is 73.4 cm³/mol. The molecule has 5 heteroatoms. The van der Waals surface area contributed by atoms with Gasteiger partial charge in [0.25, 0.3) is 0 Å². The molecule has 0 radical (unpaired) electrons. The monoisotopic (exact) mass is 259 g/mol. The van der Waals surface area contributed by atoms with E-state index in [9.17, 15) is 4.79 Å². The summed E-state index contributed by atoms with van der Waals surface area (Å²) < 4.78 is 6.36. The summed E-state index contributed by atoms with van der Waals surface area (Å²) in [5.41, 5.74) is 8.19. The van der Waals surface area contributed by atoms with Crippen molar-refractivity contribution in [1.29, 1.82) is 0 Å². The van der Waals surface area contributed by atoms with Crippen LogP contribution in [0.3, 0.4) is 0 Å². The smallest absolute Gasteiger partial charge is 0.360 e. The van der Waals surface area contributed by atoms with Gasteiger partial charge in [0.2, 0.25) is 0 Å². The van der Waals surface area contributed by atoms with Gasteiger partial charge in [0, 0.05) is 0 Å². The van der Waals surface area contributed by atoms with Crippen molar-refractivity contribution in [3.8, 4) is 5.69 Å². The van der Waals surface area contributed by atoms with E-state index in [0.29, 0.717) is 11.7 Å². The lowest BCUT2D eigenvalue weighted by Crippen LogP contribution is -2.08. The first-order valence-corrected chi connectivity index (χ1v) is 6.06.